The van der Waals surface area contributed by atoms with Gasteiger partial charge >= 0.3 is 33.6 Å². The molecule has 2 radical (unpaired) electrons. The van der Waals surface area contributed by atoms with Gasteiger partial charge in [-0.1, -0.05) is 12.1 Å². The van der Waals surface area contributed by atoms with Crippen LogP contribution >= 0.6 is 0 Å². The van der Waals surface area contributed by atoms with Gasteiger partial charge in [0.05, 0.1) is 46.7 Å². The number of rotatable bonds is 5. The second-order valence-corrected chi connectivity index (χ2v) is 6.44. The first-order valence-electron chi connectivity index (χ1n) is 9.79. The molecule has 4 rings (SSSR count). The molecule has 0 saturated carbocycles. The number of carbonyl (C=O) groups excluding carboxylic acids is 4. The molecule has 4 aromatic heterocycles. The number of nitrogens with zero attached hydrogens (tertiary/aromatic N) is 4. The molecule has 4 heterocycles. The van der Waals surface area contributed by atoms with Crippen molar-refractivity contribution in [3.63, 3.8) is 0 Å². The summed E-state index contributed by atoms with van der Waals surface area (Å²) in [4.78, 5) is 55.2. The van der Waals surface area contributed by atoms with E-state index in [0.717, 1.165) is 24.3 Å². The summed E-state index contributed by atoms with van der Waals surface area (Å²) in [6, 6.07) is 15.0. The van der Waals surface area contributed by atoms with E-state index in [4.69, 9.17) is 0 Å². The SMILES string of the molecule is O.O.O.O.O=C([O-])c1cccc(C(=O)[O-])n1.O=C([O-])c1cccc(C(=O)[O-])n1.[Co+2].[Co+2].[OH3+].[OH3+].[OH3+].[OH3+].c1cc(-c2ccncc2)ccn1. The van der Waals surface area contributed by atoms with E-state index in [1.165, 1.54) is 23.3 Å². The largest absolute Gasteiger partial charge is 2.00 e. The molecule has 46 heavy (non-hydrogen) atoms. The number of hydrogen-bond donors (Lipinski definition) is 0. The van der Waals surface area contributed by atoms with E-state index in [1.54, 1.807) is 24.8 Å². The number of hydrogen-bond acceptors (Lipinski definition) is 12. The quantitative estimate of drug-likeness (QED) is 0.172. The zero-order valence-corrected chi connectivity index (χ0v) is 25.2. The van der Waals surface area contributed by atoms with Gasteiger partial charge in [-0.25, -0.2) is 9.97 Å². The van der Waals surface area contributed by atoms with Crippen LogP contribution in [0, 0.1) is 0 Å². The third-order valence-electron chi connectivity index (χ3n) is 4.03. The Morgan fingerprint density at radius 3 is 0.783 bits per heavy atom. The number of carboxylic acid groups (broad SMARTS) is 4. The van der Waals surface area contributed by atoms with E-state index in [-0.39, 0.29) is 77.4 Å². The Kier molecular flexibility index (Phi) is 46.2. The summed E-state index contributed by atoms with van der Waals surface area (Å²) < 4.78 is 0. The molecule has 0 amide bonds. The summed E-state index contributed by atoms with van der Waals surface area (Å²) in [6.07, 6.45) is 7.15. The van der Waals surface area contributed by atoms with Crippen molar-refractivity contribution < 1.29 is 117 Å². The van der Waals surface area contributed by atoms with Gasteiger partial charge in [-0.3, -0.25) is 9.97 Å². The van der Waals surface area contributed by atoms with Crippen LogP contribution in [0.25, 0.3) is 11.1 Å². The summed E-state index contributed by atoms with van der Waals surface area (Å²) in [5.41, 5.74) is 0.668. The van der Waals surface area contributed by atoms with Gasteiger partial charge in [0.1, 0.15) is 0 Å². The van der Waals surface area contributed by atoms with Crippen molar-refractivity contribution in [3.05, 3.63) is 108 Å². The first-order chi connectivity index (χ1) is 17.2. The van der Waals surface area contributed by atoms with Gasteiger partial charge in [0.25, 0.3) is 0 Å². The summed E-state index contributed by atoms with van der Waals surface area (Å²) in [6.45, 7) is 0. The van der Waals surface area contributed by atoms with Crippen LogP contribution in [0.2, 0.25) is 0 Å². The minimum atomic E-state index is -1.52. The standard InChI is InChI=1S/C10H8N2.2C7H5NO4.2Co.8H2O/c1-5-11-6-2-9(1)10-3-7-12-8-4-10;2*9-6(10)4-2-1-3-5(8-4)7(11)12;;;;;;;;;;/h1-8H;2*1-3H,(H,9,10)(H,11,12);;;8*1H2/q;;;2*+2;;;;;;;;. The zero-order valence-electron chi connectivity index (χ0n) is 23.1. The van der Waals surface area contributed by atoms with Crippen LogP contribution in [0.15, 0.2) is 85.5 Å². The average Bonchev–Trinajstić information content (AvgIpc) is 2.90. The average molecular weight is 752 g/mol. The van der Waals surface area contributed by atoms with E-state index < -0.39 is 46.7 Å². The molecule has 20 nitrogen and oxygen atoms in total. The molecule has 0 aliphatic rings. The van der Waals surface area contributed by atoms with E-state index in [9.17, 15) is 39.6 Å². The van der Waals surface area contributed by atoms with Crippen molar-refractivity contribution in [1.29, 1.82) is 0 Å². The van der Waals surface area contributed by atoms with Crippen molar-refractivity contribution in [1.82, 2.24) is 19.9 Å². The molecule has 20 N–H and O–H groups in total. The Morgan fingerprint density at radius 1 is 0.413 bits per heavy atom. The van der Waals surface area contributed by atoms with Gasteiger partial charge in [0.2, 0.25) is 0 Å². The first-order valence-corrected chi connectivity index (χ1v) is 9.79. The van der Waals surface area contributed by atoms with Crippen molar-refractivity contribution in [2.75, 3.05) is 0 Å². The second-order valence-electron chi connectivity index (χ2n) is 6.44. The second kappa shape index (κ2) is 33.1. The Bertz CT molecular complexity index is 1210. The Hall–Kier alpha value is -4.83. The predicted molar refractivity (Wildman–Crippen MR) is 147 cm³/mol. The van der Waals surface area contributed by atoms with Crippen LogP contribution < -0.4 is 20.4 Å². The van der Waals surface area contributed by atoms with Crippen LogP contribution in [-0.4, -0.2) is 65.7 Å². The fourth-order valence-corrected chi connectivity index (χ4v) is 2.41. The number of carbonyl (C=O) groups is 4. The molecule has 0 fully saturated rings. The van der Waals surface area contributed by atoms with E-state index in [1.807, 2.05) is 24.3 Å². The van der Waals surface area contributed by atoms with E-state index in [2.05, 4.69) is 19.9 Å². The Morgan fingerprint density at radius 2 is 0.609 bits per heavy atom. The maximum Gasteiger partial charge on any atom is 2.00 e. The van der Waals surface area contributed by atoms with Crippen LogP contribution in [0.4, 0.5) is 0 Å². The molecule has 0 atom stereocenters. The Labute approximate surface area is 279 Å². The molecule has 0 aliphatic carbocycles. The summed E-state index contributed by atoms with van der Waals surface area (Å²) in [5.74, 6) is -6.06. The Balaban J connectivity index is -0.0000000575. The number of aromatic nitrogens is 4. The van der Waals surface area contributed by atoms with Gasteiger partial charge in [0, 0.05) is 24.8 Å². The van der Waals surface area contributed by atoms with Crippen LogP contribution in [0.1, 0.15) is 42.0 Å². The summed E-state index contributed by atoms with van der Waals surface area (Å²) in [5, 5.41) is 40.8. The number of pyridine rings is 4. The van der Waals surface area contributed by atoms with Crippen LogP contribution in [0.5, 0.6) is 0 Å². The summed E-state index contributed by atoms with van der Waals surface area (Å²) in [7, 11) is 0. The smallest absolute Gasteiger partial charge is 0.543 e. The molecular formula is C24H34Co2N4O16+4. The fourth-order valence-electron chi connectivity index (χ4n) is 2.41. The molecule has 0 spiro atoms. The molecule has 0 aromatic carbocycles. The molecule has 22 heteroatoms. The summed E-state index contributed by atoms with van der Waals surface area (Å²) >= 11 is 0. The van der Waals surface area contributed by atoms with Gasteiger partial charge in [-0.15, -0.1) is 0 Å². The molecule has 4 aromatic rings. The van der Waals surface area contributed by atoms with Crippen molar-refractivity contribution in [2.45, 2.75) is 0 Å². The minimum Gasteiger partial charge on any atom is -0.543 e. The van der Waals surface area contributed by atoms with Gasteiger partial charge < -0.3 is 83.4 Å². The molecular weight excluding hydrogens is 718 g/mol. The van der Waals surface area contributed by atoms with Gasteiger partial charge in [-0.05, 0) is 59.7 Å². The van der Waals surface area contributed by atoms with E-state index in [0.29, 0.717) is 0 Å². The van der Waals surface area contributed by atoms with E-state index >= 15 is 0 Å². The third-order valence-corrected chi connectivity index (χ3v) is 4.03. The topological polar surface area (TPSA) is 470 Å². The predicted octanol–water partition coefficient (Wildman–Crippen LogP) is -9.23. The fraction of sp³-hybridized carbons (Fsp3) is 0. The van der Waals surface area contributed by atoms with Crippen LogP contribution in [-0.2, 0) is 55.5 Å². The third kappa shape index (κ3) is 21.8. The molecule has 260 valence electrons. The van der Waals surface area contributed by atoms with Crippen molar-refractivity contribution in [3.8, 4) is 11.1 Å². The molecule has 0 aliphatic heterocycles. The molecule has 0 bridgehead atoms. The van der Waals surface area contributed by atoms with Crippen LogP contribution in [0.3, 0.4) is 0 Å². The normalized spacial score (nSPS) is 7.39. The van der Waals surface area contributed by atoms with Gasteiger partial charge in [0.15, 0.2) is 0 Å². The maximum absolute atomic E-state index is 10.2. The molecule has 0 saturated heterocycles. The zero-order chi connectivity index (χ0) is 26.5. The van der Waals surface area contributed by atoms with Crippen molar-refractivity contribution in [2.24, 2.45) is 0 Å². The number of carboxylic acids is 4. The monoisotopic (exact) mass is 752 g/mol. The molecule has 0 unspecified atom stereocenters. The maximum atomic E-state index is 10.2. The van der Waals surface area contributed by atoms with Crippen molar-refractivity contribution >= 4 is 23.9 Å². The number of aromatic carboxylic acids is 4. The first kappa shape index (κ1) is 64.2. The van der Waals surface area contributed by atoms with Gasteiger partial charge in [-0.2, -0.15) is 0 Å². The minimum absolute atomic E-state index is 0.